The van der Waals surface area contributed by atoms with Crippen molar-refractivity contribution in [1.29, 1.82) is 0 Å². The van der Waals surface area contributed by atoms with Gasteiger partial charge in [0.25, 0.3) is 0 Å². The summed E-state index contributed by atoms with van der Waals surface area (Å²) >= 11 is 0. The normalized spacial score (nSPS) is 19.4. The van der Waals surface area contributed by atoms with Gasteiger partial charge in [-0.15, -0.1) is 13.2 Å². The Morgan fingerprint density at radius 2 is 1.83 bits per heavy atom. The van der Waals surface area contributed by atoms with Crippen LogP contribution < -0.4 is 10.5 Å². The van der Waals surface area contributed by atoms with Crippen LogP contribution in [-0.4, -0.2) is 61.0 Å². The van der Waals surface area contributed by atoms with Crippen LogP contribution in [0.2, 0.25) is 0 Å². The van der Waals surface area contributed by atoms with Crippen LogP contribution in [-0.2, 0) is 11.3 Å². The van der Waals surface area contributed by atoms with E-state index in [1.807, 2.05) is 0 Å². The molecule has 0 unspecified atom stereocenters. The fraction of sp³-hybridized carbons (Fsp3) is 0.650. The summed E-state index contributed by atoms with van der Waals surface area (Å²) in [6.45, 7) is 5.87. The number of carbonyl (C=O) groups excluding carboxylic acids is 1. The molecule has 0 bridgehead atoms. The summed E-state index contributed by atoms with van der Waals surface area (Å²) in [5.41, 5.74) is 6.21. The molecule has 0 aliphatic carbocycles. The molecule has 0 aromatic heterocycles. The van der Waals surface area contributed by atoms with Gasteiger partial charge >= 0.3 is 12.3 Å². The van der Waals surface area contributed by atoms with E-state index >= 15 is 0 Å². The van der Waals surface area contributed by atoms with Crippen molar-refractivity contribution in [2.75, 3.05) is 38.5 Å². The van der Waals surface area contributed by atoms with Gasteiger partial charge in [-0.1, -0.05) is 0 Å². The number of ether oxygens (including phenoxy) is 2. The first kappa shape index (κ1) is 21.7. The predicted molar refractivity (Wildman–Crippen MR) is 103 cm³/mol. The molecule has 2 aliphatic heterocycles. The van der Waals surface area contributed by atoms with Gasteiger partial charge in [0.2, 0.25) is 0 Å². The molecule has 9 heteroatoms. The third-order valence-electron chi connectivity index (χ3n) is 5.56. The molecule has 1 aromatic carbocycles. The van der Waals surface area contributed by atoms with E-state index in [9.17, 15) is 18.0 Å². The van der Waals surface area contributed by atoms with Gasteiger partial charge in [0, 0.05) is 23.8 Å². The number of piperidine rings is 1. The lowest BCUT2D eigenvalue weighted by atomic mass is 10.0. The molecule has 2 aliphatic rings. The van der Waals surface area contributed by atoms with Crippen LogP contribution in [0.1, 0.15) is 48.5 Å². The van der Waals surface area contributed by atoms with Crippen molar-refractivity contribution in [3.8, 4) is 5.75 Å². The standard InChI is InChI=1S/C20H28F3N3O3/c1-2-28-19(27)16-12-18(29-20(21,22)23)14(11-17(16)24)13-25-9-5-15(6-10-25)26-7-3-4-8-26/h11-12,15H,2-10,13,24H2,1H3. The van der Waals surface area contributed by atoms with E-state index in [0.29, 0.717) is 11.6 Å². The number of rotatable bonds is 6. The van der Waals surface area contributed by atoms with E-state index in [1.54, 1.807) is 6.92 Å². The minimum absolute atomic E-state index is 0.0833. The number of anilines is 1. The molecular formula is C20H28F3N3O3. The molecule has 2 saturated heterocycles. The number of carbonyl (C=O) groups is 1. The molecule has 0 atom stereocenters. The first-order valence-electron chi connectivity index (χ1n) is 10.1. The summed E-state index contributed by atoms with van der Waals surface area (Å²) < 4.78 is 47.8. The minimum Gasteiger partial charge on any atom is -0.462 e. The largest absolute Gasteiger partial charge is 0.573 e. The highest BCUT2D eigenvalue weighted by molar-refractivity contribution is 5.95. The monoisotopic (exact) mass is 415 g/mol. The lowest BCUT2D eigenvalue weighted by Gasteiger charge is -2.36. The van der Waals surface area contributed by atoms with Crippen LogP contribution in [0, 0.1) is 0 Å². The minimum atomic E-state index is -4.86. The zero-order valence-corrected chi connectivity index (χ0v) is 16.6. The average molecular weight is 415 g/mol. The van der Waals surface area contributed by atoms with Crippen molar-refractivity contribution in [3.05, 3.63) is 23.3 Å². The number of alkyl halides is 3. The second kappa shape index (κ2) is 9.21. The Kier molecular flexibility index (Phi) is 6.89. The van der Waals surface area contributed by atoms with Crippen molar-refractivity contribution in [2.45, 2.75) is 51.6 Å². The molecule has 0 saturated carbocycles. The van der Waals surface area contributed by atoms with Crippen LogP contribution in [0.15, 0.2) is 12.1 Å². The Morgan fingerprint density at radius 1 is 1.17 bits per heavy atom. The molecule has 2 N–H and O–H groups in total. The fourth-order valence-corrected chi connectivity index (χ4v) is 4.16. The Balaban J connectivity index is 1.73. The van der Waals surface area contributed by atoms with Crippen LogP contribution in [0.3, 0.4) is 0 Å². The third kappa shape index (κ3) is 5.76. The highest BCUT2D eigenvalue weighted by Gasteiger charge is 2.34. The van der Waals surface area contributed by atoms with Crippen molar-refractivity contribution >= 4 is 11.7 Å². The predicted octanol–water partition coefficient (Wildman–Crippen LogP) is 3.40. The quantitative estimate of drug-likeness (QED) is 0.567. The Hall–Kier alpha value is -2.00. The summed E-state index contributed by atoms with van der Waals surface area (Å²) in [4.78, 5) is 16.6. The molecule has 0 radical (unpaired) electrons. The summed E-state index contributed by atoms with van der Waals surface area (Å²) in [7, 11) is 0. The number of hydrogen-bond donors (Lipinski definition) is 1. The van der Waals surface area contributed by atoms with E-state index in [-0.39, 0.29) is 24.4 Å². The highest BCUT2D eigenvalue weighted by Crippen LogP contribution is 2.33. The number of benzene rings is 1. The van der Waals surface area contributed by atoms with E-state index in [4.69, 9.17) is 10.5 Å². The second-order valence-corrected chi connectivity index (χ2v) is 7.57. The summed E-state index contributed by atoms with van der Waals surface area (Å²) in [6.07, 6.45) is -0.397. The number of nitrogens with two attached hydrogens (primary N) is 1. The number of hydrogen-bond acceptors (Lipinski definition) is 6. The maximum atomic E-state index is 12.9. The summed E-state index contributed by atoms with van der Waals surface area (Å²) in [6, 6.07) is 2.98. The number of nitrogens with zero attached hydrogens (tertiary/aromatic N) is 2. The molecule has 162 valence electrons. The molecule has 2 fully saturated rings. The van der Waals surface area contributed by atoms with Gasteiger partial charge in [-0.2, -0.15) is 0 Å². The lowest BCUT2D eigenvalue weighted by Crippen LogP contribution is -2.43. The van der Waals surface area contributed by atoms with Gasteiger partial charge in [-0.3, -0.25) is 4.90 Å². The fourth-order valence-electron chi connectivity index (χ4n) is 4.16. The third-order valence-corrected chi connectivity index (χ3v) is 5.56. The zero-order chi connectivity index (χ0) is 21.0. The summed E-state index contributed by atoms with van der Waals surface area (Å²) in [5, 5.41) is 0. The molecule has 29 heavy (non-hydrogen) atoms. The molecule has 1 aromatic rings. The molecule has 2 heterocycles. The molecular weight excluding hydrogens is 387 g/mol. The molecule has 0 spiro atoms. The van der Waals surface area contributed by atoms with E-state index in [2.05, 4.69) is 14.5 Å². The van der Waals surface area contributed by atoms with Gasteiger partial charge < -0.3 is 20.1 Å². The first-order valence-corrected chi connectivity index (χ1v) is 10.1. The van der Waals surface area contributed by atoms with Gasteiger partial charge in [0.15, 0.2) is 0 Å². The number of halogens is 3. The number of likely N-dealkylation sites (tertiary alicyclic amines) is 2. The Morgan fingerprint density at radius 3 is 2.41 bits per heavy atom. The topological polar surface area (TPSA) is 68.0 Å². The van der Waals surface area contributed by atoms with Crippen LogP contribution >= 0.6 is 0 Å². The van der Waals surface area contributed by atoms with Gasteiger partial charge in [-0.25, -0.2) is 4.79 Å². The van der Waals surface area contributed by atoms with Crippen molar-refractivity contribution in [2.24, 2.45) is 0 Å². The van der Waals surface area contributed by atoms with Crippen molar-refractivity contribution in [1.82, 2.24) is 9.80 Å². The van der Waals surface area contributed by atoms with Gasteiger partial charge in [0.1, 0.15) is 5.75 Å². The molecule has 6 nitrogen and oxygen atoms in total. The maximum Gasteiger partial charge on any atom is 0.573 e. The van der Waals surface area contributed by atoms with Crippen LogP contribution in [0.5, 0.6) is 5.75 Å². The van der Waals surface area contributed by atoms with Gasteiger partial charge in [0.05, 0.1) is 12.2 Å². The molecule has 3 rings (SSSR count). The van der Waals surface area contributed by atoms with E-state index in [1.165, 1.54) is 18.9 Å². The average Bonchev–Trinajstić information content (AvgIpc) is 3.18. The van der Waals surface area contributed by atoms with Crippen molar-refractivity contribution < 1.29 is 27.4 Å². The van der Waals surface area contributed by atoms with Crippen LogP contribution in [0.25, 0.3) is 0 Å². The zero-order valence-electron chi connectivity index (χ0n) is 16.6. The Labute approximate surface area is 168 Å². The SMILES string of the molecule is CCOC(=O)c1cc(OC(F)(F)F)c(CN2CCC(N3CCCC3)CC2)cc1N. The summed E-state index contributed by atoms with van der Waals surface area (Å²) in [5.74, 6) is -1.17. The highest BCUT2D eigenvalue weighted by atomic mass is 19.4. The first-order chi connectivity index (χ1) is 13.8. The van der Waals surface area contributed by atoms with E-state index in [0.717, 1.165) is 45.1 Å². The van der Waals surface area contributed by atoms with Gasteiger partial charge in [-0.05, 0) is 70.9 Å². The Bertz CT molecular complexity index is 713. The lowest BCUT2D eigenvalue weighted by molar-refractivity contribution is -0.275. The second-order valence-electron chi connectivity index (χ2n) is 7.57. The maximum absolute atomic E-state index is 12.9. The number of nitrogen functional groups attached to an aromatic ring is 1. The number of esters is 1. The molecule has 0 amide bonds. The van der Waals surface area contributed by atoms with Crippen molar-refractivity contribution in [3.63, 3.8) is 0 Å². The smallest absolute Gasteiger partial charge is 0.462 e. The van der Waals surface area contributed by atoms with E-state index < -0.39 is 18.1 Å². The van der Waals surface area contributed by atoms with Crippen LogP contribution in [0.4, 0.5) is 18.9 Å².